The van der Waals surface area contributed by atoms with Crippen molar-refractivity contribution in [3.05, 3.63) is 87.4 Å². The summed E-state index contributed by atoms with van der Waals surface area (Å²) in [5, 5.41) is 2.72. The molecule has 4 rings (SSSR count). The Labute approximate surface area is 226 Å². The van der Waals surface area contributed by atoms with Gasteiger partial charge in [0.15, 0.2) is 11.5 Å². The van der Waals surface area contributed by atoms with E-state index in [9.17, 15) is 14.4 Å². The van der Waals surface area contributed by atoms with Crippen LogP contribution in [0, 0.1) is 0 Å². The molecule has 8 nitrogen and oxygen atoms in total. The first-order valence-corrected chi connectivity index (χ1v) is 12.5. The average Bonchev–Trinajstić information content (AvgIpc) is 2.87. The van der Waals surface area contributed by atoms with Crippen LogP contribution in [0.15, 0.2) is 76.8 Å². The number of urea groups is 1. The van der Waals surface area contributed by atoms with Gasteiger partial charge in [-0.3, -0.25) is 14.9 Å². The van der Waals surface area contributed by atoms with Crippen LogP contribution in [0.25, 0.3) is 6.08 Å². The molecule has 10 heteroatoms. The fourth-order valence-corrected chi connectivity index (χ4v) is 3.97. The highest BCUT2D eigenvalue weighted by Gasteiger charge is 2.36. The van der Waals surface area contributed by atoms with E-state index in [1.807, 2.05) is 19.1 Å². The number of para-hydroxylation sites is 1. The second-order valence-corrected chi connectivity index (χ2v) is 9.02. The van der Waals surface area contributed by atoms with Crippen LogP contribution >= 0.6 is 27.5 Å². The van der Waals surface area contributed by atoms with Gasteiger partial charge in [0.1, 0.15) is 24.5 Å². The predicted octanol–water partition coefficient (Wildman–Crippen LogP) is 5.63. The molecule has 3 aromatic carbocycles. The zero-order valence-corrected chi connectivity index (χ0v) is 22.0. The molecule has 3 aromatic rings. The van der Waals surface area contributed by atoms with Crippen molar-refractivity contribution in [1.29, 1.82) is 0 Å². The number of rotatable bonds is 9. The molecule has 0 atom stereocenters. The summed E-state index contributed by atoms with van der Waals surface area (Å²) in [4.78, 5) is 38.9. The van der Waals surface area contributed by atoms with Crippen molar-refractivity contribution < 1.29 is 28.6 Å². The summed E-state index contributed by atoms with van der Waals surface area (Å²) in [6.45, 7) is 2.69. The topological polar surface area (TPSA) is 94.2 Å². The maximum atomic E-state index is 13.1. The summed E-state index contributed by atoms with van der Waals surface area (Å²) in [5.41, 5.74) is 0.667. The fraction of sp³-hybridized carbons (Fsp3) is 0.148. The fourth-order valence-electron chi connectivity index (χ4n) is 3.52. The zero-order chi connectivity index (χ0) is 26.4. The second kappa shape index (κ2) is 11.9. The molecule has 190 valence electrons. The van der Waals surface area contributed by atoms with Gasteiger partial charge in [-0.05, 0) is 67.1 Å². The summed E-state index contributed by atoms with van der Waals surface area (Å²) in [7, 11) is 0. The SMILES string of the molecule is CCOc1cc(/C=C2\C(=O)NC(=O)N(c3ccc(Br)cc3)C2=O)ccc1OCCOc1ccccc1Cl. The zero-order valence-electron chi connectivity index (χ0n) is 19.7. The molecule has 1 aliphatic heterocycles. The predicted molar refractivity (Wildman–Crippen MR) is 143 cm³/mol. The number of carbonyl (C=O) groups is 3. The number of amides is 4. The normalized spacial score (nSPS) is 14.5. The molecule has 0 spiro atoms. The number of imide groups is 2. The van der Waals surface area contributed by atoms with Gasteiger partial charge in [-0.2, -0.15) is 0 Å². The van der Waals surface area contributed by atoms with Crippen LogP contribution in [0.1, 0.15) is 12.5 Å². The van der Waals surface area contributed by atoms with Gasteiger partial charge < -0.3 is 14.2 Å². The first-order chi connectivity index (χ1) is 17.9. The van der Waals surface area contributed by atoms with Gasteiger partial charge in [-0.25, -0.2) is 9.69 Å². The van der Waals surface area contributed by atoms with Gasteiger partial charge in [-0.15, -0.1) is 0 Å². The number of nitrogens with zero attached hydrogens (tertiary/aromatic N) is 1. The summed E-state index contributed by atoms with van der Waals surface area (Å²) >= 11 is 9.42. The minimum Gasteiger partial charge on any atom is -0.490 e. The van der Waals surface area contributed by atoms with Gasteiger partial charge in [0.25, 0.3) is 11.8 Å². The Hall–Kier alpha value is -3.82. The van der Waals surface area contributed by atoms with Crippen LogP contribution in [0.4, 0.5) is 10.5 Å². The molecule has 4 amide bonds. The van der Waals surface area contributed by atoms with Crippen molar-refractivity contribution in [3.63, 3.8) is 0 Å². The van der Waals surface area contributed by atoms with E-state index in [0.717, 1.165) is 9.37 Å². The lowest BCUT2D eigenvalue weighted by molar-refractivity contribution is -0.122. The van der Waals surface area contributed by atoms with Crippen LogP contribution in [0.5, 0.6) is 17.2 Å². The lowest BCUT2D eigenvalue weighted by atomic mass is 10.1. The smallest absolute Gasteiger partial charge is 0.335 e. The Balaban J connectivity index is 1.51. The van der Waals surface area contributed by atoms with E-state index in [4.69, 9.17) is 25.8 Å². The highest BCUT2D eigenvalue weighted by atomic mass is 79.9. The monoisotopic (exact) mass is 584 g/mol. The highest BCUT2D eigenvalue weighted by molar-refractivity contribution is 9.10. The van der Waals surface area contributed by atoms with Gasteiger partial charge >= 0.3 is 6.03 Å². The third kappa shape index (κ3) is 6.31. The third-order valence-electron chi connectivity index (χ3n) is 5.20. The van der Waals surface area contributed by atoms with Crippen LogP contribution in [0.2, 0.25) is 5.02 Å². The molecule has 1 aliphatic rings. The average molecular weight is 586 g/mol. The Morgan fingerprint density at radius 3 is 2.30 bits per heavy atom. The quantitative estimate of drug-likeness (QED) is 0.199. The maximum Gasteiger partial charge on any atom is 0.335 e. The summed E-state index contributed by atoms with van der Waals surface area (Å²) in [6, 6.07) is 17.9. The molecule has 0 unspecified atom stereocenters. The molecule has 1 heterocycles. The number of nitrogens with one attached hydrogen (secondary N) is 1. The number of barbiturate groups is 1. The molecule has 0 aliphatic carbocycles. The molecule has 37 heavy (non-hydrogen) atoms. The van der Waals surface area contributed by atoms with E-state index in [2.05, 4.69) is 21.2 Å². The molecule has 0 bridgehead atoms. The third-order valence-corrected chi connectivity index (χ3v) is 6.04. The standard InChI is InChI=1S/C27H22BrClN2O6/c1-2-35-24-16-17(7-12-23(24)37-14-13-36-22-6-4-3-5-21(22)29)15-20-25(32)30-27(34)31(26(20)33)19-10-8-18(28)9-11-19/h3-12,15-16H,2,13-14H2,1H3,(H,30,32,34)/b20-15+. The first-order valence-electron chi connectivity index (χ1n) is 11.3. The van der Waals surface area contributed by atoms with E-state index in [1.54, 1.807) is 54.6 Å². The Bertz CT molecular complexity index is 1360. The van der Waals surface area contributed by atoms with Crippen LogP contribution in [0.3, 0.4) is 0 Å². The maximum absolute atomic E-state index is 13.1. The van der Waals surface area contributed by atoms with Crippen molar-refractivity contribution in [2.24, 2.45) is 0 Å². The lowest BCUT2D eigenvalue weighted by Crippen LogP contribution is -2.54. The lowest BCUT2D eigenvalue weighted by Gasteiger charge is -2.26. The van der Waals surface area contributed by atoms with E-state index in [0.29, 0.717) is 40.1 Å². The van der Waals surface area contributed by atoms with Crippen LogP contribution in [-0.2, 0) is 9.59 Å². The Morgan fingerprint density at radius 2 is 1.59 bits per heavy atom. The number of benzene rings is 3. The highest BCUT2D eigenvalue weighted by Crippen LogP contribution is 2.31. The molecule has 1 saturated heterocycles. The number of hydrogen-bond donors (Lipinski definition) is 1. The molecule has 1 fully saturated rings. The van der Waals surface area contributed by atoms with E-state index in [-0.39, 0.29) is 18.8 Å². The number of ether oxygens (including phenoxy) is 3. The number of anilines is 1. The minimum atomic E-state index is -0.813. The number of halogens is 2. The minimum absolute atomic E-state index is 0.188. The first kappa shape index (κ1) is 26.2. The van der Waals surface area contributed by atoms with E-state index in [1.165, 1.54) is 6.08 Å². The molecule has 0 aromatic heterocycles. The van der Waals surface area contributed by atoms with Gasteiger partial charge in [0.05, 0.1) is 17.3 Å². The molecular formula is C27H22BrClN2O6. The van der Waals surface area contributed by atoms with E-state index >= 15 is 0 Å². The van der Waals surface area contributed by atoms with E-state index < -0.39 is 17.8 Å². The van der Waals surface area contributed by atoms with Gasteiger partial charge in [0, 0.05) is 4.47 Å². The number of carbonyl (C=O) groups excluding carboxylic acids is 3. The molecule has 0 radical (unpaired) electrons. The van der Waals surface area contributed by atoms with Crippen molar-refractivity contribution >= 4 is 57.1 Å². The number of hydrogen-bond acceptors (Lipinski definition) is 6. The summed E-state index contributed by atoms with van der Waals surface area (Å²) < 4.78 is 18.0. The molecular weight excluding hydrogens is 564 g/mol. The summed E-state index contributed by atoms with van der Waals surface area (Å²) in [5.74, 6) is -0.0488. The Kier molecular flexibility index (Phi) is 8.47. The Morgan fingerprint density at radius 1 is 0.892 bits per heavy atom. The summed E-state index contributed by atoms with van der Waals surface area (Å²) in [6.07, 6.45) is 1.41. The van der Waals surface area contributed by atoms with Crippen LogP contribution in [-0.4, -0.2) is 37.7 Å². The van der Waals surface area contributed by atoms with Crippen molar-refractivity contribution in [2.75, 3.05) is 24.7 Å². The van der Waals surface area contributed by atoms with Gasteiger partial charge in [0.2, 0.25) is 0 Å². The van der Waals surface area contributed by atoms with Crippen LogP contribution < -0.4 is 24.4 Å². The molecule has 1 N–H and O–H groups in total. The second-order valence-electron chi connectivity index (χ2n) is 7.70. The van der Waals surface area contributed by atoms with Crippen molar-refractivity contribution in [2.45, 2.75) is 6.92 Å². The van der Waals surface area contributed by atoms with Crippen molar-refractivity contribution in [3.8, 4) is 17.2 Å². The van der Waals surface area contributed by atoms with Gasteiger partial charge in [-0.1, -0.05) is 45.7 Å². The van der Waals surface area contributed by atoms with Crippen molar-refractivity contribution in [1.82, 2.24) is 5.32 Å². The molecule has 0 saturated carbocycles. The largest absolute Gasteiger partial charge is 0.490 e.